The third-order valence-corrected chi connectivity index (χ3v) is 4.17. The summed E-state index contributed by atoms with van der Waals surface area (Å²) in [6.07, 6.45) is 9.84. The van der Waals surface area contributed by atoms with Crippen LogP contribution in [0.15, 0.2) is 24.3 Å². The third kappa shape index (κ3) is 10.1. The Balaban J connectivity index is 4.21. The van der Waals surface area contributed by atoms with Gasteiger partial charge in [-0.3, -0.25) is 0 Å². The lowest BCUT2D eigenvalue weighted by molar-refractivity contribution is -0.154. The lowest BCUT2D eigenvalue weighted by atomic mass is 9.92. The van der Waals surface area contributed by atoms with Crippen LogP contribution in [0.4, 0.5) is 0 Å². The van der Waals surface area contributed by atoms with Crippen LogP contribution in [0.2, 0.25) is 0 Å². The van der Waals surface area contributed by atoms with Crippen LogP contribution in [0.3, 0.4) is 0 Å². The van der Waals surface area contributed by atoms with Crippen molar-refractivity contribution < 1.29 is 14.3 Å². The van der Waals surface area contributed by atoms with E-state index in [1.165, 1.54) is 0 Å². The Morgan fingerprint density at radius 1 is 0.870 bits per heavy atom. The van der Waals surface area contributed by atoms with Crippen LogP contribution in [-0.2, 0) is 14.3 Å². The molecular weight excluding hydrogens is 288 g/mol. The first-order chi connectivity index (χ1) is 11.0. The average molecular weight is 322 g/mol. The lowest BCUT2D eigenvalue weighted by Crippen LogP contribution is -2.17. The maximum Gasteiger partial charge on any atom is 0.341 e. The SMILES string of the molecule is C=C(CCCCCC)C(=O)OC(=O)C(=C)CC(CC)CCCC. The third-order valence-electron chi connectivity index (χ3n) is 4.17. The topological polar surface area (TPSA) is 43.4 Å². The van der Waals surface area contributed by atoms with Crippen molar-refractivity contribution in [2.24, 2.45) is 5.92 Å². The Hall–Kier alpha value is -1.38. The van der Waals surface area contributed by atoms with Crippen molar-refractivity contribution >= 4 is 11.9 Å². The number of esters is 2. The molecule has 1 atom stereocenters. The van der Waals surface area contributed by atoms with E-state index in [0.717, 1.165) is 51.4 Å². The molecule has 0 aliphatic carbocycles. The second-order valence-electron chi connectivity index (χ2n) is 6.32. The van der Waals surface area contributed by atoms with Crippen LogP contribution >= 0.6 is 0 Å². The first kappa shape index (κ1) is 21.6. The van der Waals surface area contributed by atoms with Crippen LogP contribution in [-0.4, -0.2) is 11.9 Å². The predicted octanol–water partition coefficient (Wildman–Crippen LogP) is 5.75. The predicted molar refractivity (Wildman–Crippen MR) is 96.1 cm³/mol. The zero-order valence-corrected chi connectivity index (χ0v) is 15.3. The number of hydrogen-bond acceptors (Lipinski definition) is 3. The standard InChI is InChI=1S/C20H34O3/c1-6-9-11-12-13-16(4)19(21)23-20(22)17(5)15-18(8-3)14-10-7-2/h18H,4-15H2,1-3H3. The number of hydrogen-bond donors (Lipinski definition) is 0. The van der Waals surface area contributed by atoms with Gasteiger partial charge in [-0.1, -0.05) is 78.9 Å². The van der Waals surface area contributed by atoms with Crippen molar-refractivity contribution in [3.8, 4) is 0 Å². The van der Waals surface area contributed by atoms with Crippen LogP contribution in [0.1, 0.15) is 85.0 Å². The van der Waals surface area contributed by atoms with Gasteiger partial charge < -0.3 is 4.74 Å². The van der Waals surface area contributed by atoms with Crippen molar-refractivity contribution in [1.82, 2.24) is 0 Å². The number of unbranched alkanes of at least 4 members (excludes halogenated alkanes) is 4. The van der Waals surface area contributed by atoms with E-state index in [1.807, 2.05) is 0 Å². The molecule has 3 nitrogen and oxygen atoms in total. The van der Waals surface area contributed by atoms with E-state index >= 15 is 0 Å². The first-order valence-corrected chi connectivity index (χ1v) is 9.08. The van der Waals surface area contributed by atoms with Crippen molar-refractivity contribution in [2.45, 2.75) is 85.0 Å². The average Bonchev–Trinajstić information content (AvgIpc) is 2.54. The van der Waals surface area contributed by atoms with Crippen LogP contribution in [0.25, 0.3) is 0 Å². The van der Waals surface area contributed by atoms with E-state index in [4.69, 9.17) is 4.74 Å². The summed E-state index contributed by atoms with van der Waals surface area (Å²) in [5.41, 5.74) is 0.764. The van der Waals surface area contributed by atoms with Gasteiger partial charge in [-0.25, -0.2) is 9.59 Å². The highest BCUT2D eigenvalue weighted by molar-refractivity contribution is 6.01. The van der Waals surface area contributed by atoms with Crippen molar-refractivity contribution in [2.75, 3.05) is 0 Å². The summed E-state index contributed by atoms with van der Waals surface area (Å²) in [7, 11) is 0. The summed E-state index contributed by atoms with van der Waals surface area (Å²) in [4.78, 5) is 23.8. The summed E-state index contributed by atoms with van der Waals surface area (Å²) in [6.45, 7) is 13.9. The Bertz CT molecular complexity index is 396. The molecule has 3 heteroatoms. The van der Waals surface area contributed by atoms with Gasteiger partial charge in [-0.05, 0) is 25.2 Å². The molecule has 0 aliphatic heterocycles. The van der Waals surface area contributed by atoms with Gasteiger partial charge in [0.25, 0.3) is 0 Å². The molecule has 1 unspecified atom stereocenters. The molecule has 0 aromatic carbocycles. The largest absolute Gasteiger partial charge is 0.386 e. The van der Waals surface area contributed by atoms with E-state index in [1.54, 1.807) is 0 Å². The molecule has 0 rings (SSSR count). The highest BCUT2D eigenvalue weighted by atomic mass is 16.6. The van der Waals surface area contributed by atoms with Crippen molar-refractivity contribution in [3.63, 3.8) is 0 Å². The van der Waals surface area contributed by atoms with Gasteiger partial charge in [0.05, 0.1) is 0 Å². The van der Waals surface area contributed by atoms with E-state index in [9.17, 15) is 9.59 Å². The number of carbonyl (C=O) groups excluding carboxylic acids is 2. The van der Waals surface area contributed by atoms with E-state index in [2.05, 4.69) is 33.9 Å². The number of ether oxygens (including phenoxy) is 1. The second kappa shape index (κ2) is 13.1. The summed E-state index contributed by atoms with van der Waals surface area (Å²) >= 11 is 0. The van der Waals surface area contributed by atoms with Crippen LogP contribution in [0, 0.1) is 5.92 Å². The van der Waals surface area contributed by atoms with Gasteiger partial charge in [0, 0.05) is 11.1 Å². The molecule has 0 radical (unpaired) electrons. The Morgan fingerprint density at radius 2 is 1.48 bits per heavy atom. The summed E-state index contributed by atoms with van der Waals surface area (Å²) in [6, 6.07) is 0. The van der Waals surface area contributed by atoms with Gasteiger partial charge in [0.15, 0.2) is 0 Å². The van der Waals surface area contributed by atoms with E-state index in [-0.39, 0.29) is 0 Å². The molecule has 0 heterocycles. The minimum absolute atomic E-state index is 0.375. The zero-order chi connectivity index (χ0) is 17.7. The molecule has 0 aromatic heterocycles. The number of carbonyl (C=O) groups is 2. The smallest absolute Gasteiger partial charge is 0.341 e. The van der Waals surface area contributed by atoms with Gasteiger partial charge in [-0.15, -0.1) is 0 Å². The molecule has 0 fully saturated rings. The maximum absolute atomic E-state index is 12.0. The zero-order valence-electron chi connectivity index (χ0n) is 15.3. The van der Waals surface area contributed by atoms with Gasteiger partial charge in [-0.2, -0.15) is 0 Å². The minimum atomic E-state index is -0.603. The molecule has 0 amide bonds. The highest BCUT2D eigenvalue weighted by Gasteiger charge is 2.19. The Morgan fingerprint density at radius 3 is 2.04 bits per heavy atom. The molecular formula is C20H34O3. The fourth-order valence-corrected chi connectivity index (χ4v) is 2.47. The molecule has 23 heavy (non-hydrogen) atoms. The molecule has 0 saturated heterocycles. The first-order valence-electron chi connectivity index (χ1n) is 9.08. The fourth-order valence-electron chi connectivity index (χ4n) is 2.47. The van der Waals surface area contributed by atoms with Crippen molar-refractivity contribution in [3.05, 3.63) is 24.3 Å². The molecule has 0 spiro atoms. The van der Waals surface area contributed by atoms with Crippen LogP contribution in [0.5, 0.6) is 0 Å². The summed E-state index contributed by atoms with van der Waals surface area (Å²) < 4.78 is 4.90. The Labute approximate surface area is 142 Å². The van der Waals surface area contributed by atoms with E-state index in [0.29, 0.717) is 29.9 Å². The number of rotatable bonds is 13. The normalized spacial score (nSPS) is 11.8. The van der Waals surface area contributed by atoms with Crippen LogP contribution < -0.4 is 0 Å². The fraction of sp³-hybridized carbons (Fsp3) is 0.700. The Kier molecular flexibility index (Phi) is 12.3. The molecule has 0 aromatic rings. The van der Waals surface area contributed by atoms with E-state index < -0.39 is 11.9 Å². The molecule has 132 valence electrons. The lowest BCUT2D eigenvalue weighted by Gasteiger charge is -2.15. The second-order valence-corrected chi connectivity index (χ2v) is 6.32. The monoisotopic (exact) mass is 322 g/mol. The molecule has 0 N–H and O–H groups in total. The minimum Gasteiger partial charge on any atom is -0.386 e. The summed E-state index contributed by atoms with van der Waals surface area (Å²) in [5, 5.41) is 0. The van der Waals surface area contributed by atoms with Crippen molar-refractivity contribution in [1.29, 1.82) is 0 Å². The van der Waals surface area contributed by atoms with Gasteiger partial charge in [0.2, 0.25) is 0 Å². The quantitative estimate of drug-likeness (QED) is 0.188. The maximum atomic E-state index is 12.0. The highest BCUT2D eigenvalue weighted by Crippen LogP contribution is 2.21. The molecule has 0 aliphatic rings. The molecule has 0 saturated carbocycles. The van der Waals surface area contributed by atoms with Gasteiger partial charge >= 0.3 is 11.9 Å². The van der Waals surface area contributed by atoms with Gasteiger partial charge in [0.1, 0.15) is 0 Å². The summed E-state index contributed by atoms with van der Waals surface area (Å²) in [5.74, 6) is -0.767. The molecule has 0 bridgehead atoms.